The molecule has 1 atom stereocenters. The summed E-state index contributed by atoms with van der Waals surface area (Å²) in [4.78, 5) is 41.1. The molecule has 1 N–H and O–H groups in total. The lowest BCUT2D eigenvalue weighted by Crippen LogP contribution is -2.59. The third-order valence-electron chi connectivity index (χ3n) is 5.73. The van der Waals surface area contributed by atoms with E-state index in [2.05, 4.69) is 22.3 Å². The maximum Gasteiger partial charge on any atom is 0.275 e. The third-order valence-corrected chi connectivity index (χ3v) is 5.73. The summed E-state index contributed by atoms with van der Waals surface area (Å²) >= 11 is 0. The fourth-order valence-electron chi connectivity index (χ4n) is 4.07. The van der Waals surface area contributed by atoms with Crippen molar-refractivity contribution in [3.05, 3.63) is 88.3 Å². The second-order valence-corrected chi connectivity index (χ2v) is 7.91. The third kappa shape index (κ3) is 4.61. The van der Waals surface area contributed by atoms with Crippen molar-refractivity contribution in [2.45, 2.75) is 25.8 Å². The van der Waals surface area contributed by atoms with Gasteiger partial charge in [0, 0.05) is 32.1 Å². The Morgan fingerprint density at radius 3 is 2.34 bits per heavy atom. The summed E-state index contributed by atoms with van der Waals surface area (Å²) in [5.74, 6) is -0.403. The van der Waals surface area contributed by atoms with E-state index < -0.39 is 6.04 Å². The van der Waals surface area contributed by atoms with Gasteiger partial charge in [-0.25, -0.2) is 5.10 Å². The lowest BCUT2D eigenvalue weighted by Gasteiger charge is -2.40. The Kier molecular flexibility index (Phi) is 6.44. The van der Waals surface area contributed by atoms with E-state index in [0.29, 0.717) is 26.1 Å². The van der Waals surface area contributed by atoms with E-state index in [4.69, 9.17) is 0 Å². The summed E-state index contributed by atoms with van der Waals surface area (Å²) in [6, 6.07) is 20.2. The molecule has 0 radical (unpaired) electrons. The van der Waals surface area contributed by atoms with Crippen LogP contribution in [0.4, 0.5) is 0 Å². The van der Waals surface area contributed by atoms with Gasteiger partial charge < -0.3 is 9.80 Å². The predicted octanol–water partition coefficient (Wildman–Crippen LogP) is 2.74. The van der Waals surface area contributed by atoms with Crippen LogP contribution in [-0.4, -0.2) is 57.5 Å². The Morgan fingerprint density at radius 1 is 0.969 bits per heavy atom. The average molecular weight is 431 g/mol. The monoisotopic (exact) mass is 430 g/mol. The number of rotatable bonds is 6. The van der Waals surface area contributed by atoms with Crippen LogP contribution in [0.1, 0.15) is 29.4 Å². The first-order valence-corrected chi connectivity index (χ1v) is 10.9. The summed E-state index contributed by atoms with van der Waals surface area (Å²) < 4.78 is 0. The molecule has 0 unspecified atom stereocenters. The molecule has 0 spiro atoms. The summed E-state index contributed by atoms with van der Waals surface area (Å²) in [6.45, 7) is 3.62. The van der Waals surface area contributed by atoms with Crippen LogP contribution in [0, 0.1) is 0 Å². The van der Waals surface area contributed by atoms with E-state index >= 15 is 0 Å². The summed E-state index contributed by atoms with van der Waals surface area (Å²) in [6.07, 6.45) is 1.28. The maximum absolute atomic E-state index is 13.3. The van der Waals surface area contributed by atoms with Crippen molar-refractivity contribution in [2.75, 3.05) is 19.6 Å². The van der Waals surface area contributed by atoms with Crippen LogP contribution < -0.4 is 5.56 Å². The van der Waals surface area contributed by atoms with Gasteiger partial charge in [-0.3, -0.25) is 14.4 Å². The zero-order valence-electron chi connectivity index (χ0n) is 18.0. The summed E-state index contributed by atoms with van der Waals surface area (Å²) in [5, 5.41) is 6.16. The fraction of sp³-hybridized carbons (Fsp3) is 0.280. The molecule has 0 aliphatic carbocycles. The van der Waals surface area contributed by atoms with Crippen molar-refractivity contribution in [1.29, 1.82) is 0 Å². The number of nitrogens with zero attached hydrogens (tertiary/aromatic N) is 3. The number of H-pyrrole nitrogens is 1. The highest BCUT2D eigenvalue weighted by molar-refractivity contribution is 5.96. The highest BCUT2D eigenvalue weighted by Gasteiger charge is 2.37. The van der Waals surface area contributed by atoms with Crippen LogP contribution in [0.15, 0.2) is 71.5 Å². The second kappa shape index (κ2) is 9.60. The minimum absolute atomic E-state index is 0.0528. The van der Waals surface area contributed by atoms with Gasteiger partial charge in [-0.1, -0.05) is 61.5 Å². The highest BCUT2D eigenvalue weighted by Crippen LogP contribution is 2.22. The Bertz CT molecular complexity index is 1120. The van der Waals surface area contributed by atoms with Gasteiger partial charge in [0.2, 0.25) is 5.91 Å². The van der Waals surface area contributed by atoms with Gasteiger partial charge in [-0.15, -0.1) is 0 Å². The largest absolute Gasteiger partial charge is 0.339 e. The second-order valence-electron chi connectivity index (χ2n) is 7.91. The van der Waals surface area contributed by atoms with Crippen molar-refractivity contribution in [2.24, 2.45) is 0 Å². The first kappa shape index (κ1) is 21.5. The molecule has 164 valence electrons. The molecular formula is C25H26N4O3. The molecule has 1 aromatic heterocycles. The van der Waals surface area contributed by atoms with Gasteiger partial charge in [0.05, 0.1) is 0 Å². The SMILES string of the molecule is CCCN1CCN(C(=O)c2ccc(=O)[nH]n2)[C@@H](Cc2ccc(-c3ccccc3)cc2)C1=O. The Morgan fingerprint density at radius 2 is 1.69 bits per heavy atom. The number of aromatic nitrogens is 2. The molecule has 1 aliphatic heterocycles. The molecule has 2 heterocycles. The van der Waals surface area contributed by atoms with Crippen LogP contribution in [0.5, 0.6) is 0 Å². The number of amides is 2. The molecular weight excluding hydrogens is 404 g/mol. The molecule has 1 saturated heterocycles. The van der Waals surface area contributed by atoms with Crippen molar-refractivity contribution < 1.29 is 9.59 Å². The minimum atomic E-state index is -0.612. The molecule has 0 bridgehead atoms. The normalized spacial score (nSPS) is 16.3. The van der Waals surface area contributed by atoms with Crippen molar-refractivity contribution >= 4 is 11.8 Å². The standard InChI is InChI=1S/C25H26N4O3/c1-2-14-28-15-16-29(24(31)21-12-13-23(30)27-26-21)22(25(28)32)17-18-8-10-20(11-9-18)19-6-4-3-5-7-19/h3-13,22H,2,14-17H2,1H3,(H,27,30)/t22-/m0/s1. The quantitative estimate of drug-likeness (QED) is 0.652. The lowest BCUT2D eigenvalue weighted by molar-refractivity contribution is -0.140. The topological polar surface area (TPSA) is 86.4 Å². The predicted molar refractivity (Wildman–Crippen MR) is 122 cm³/mol. The van der Waals surface area contributed by atoms with E-state index in [1.165, 1.54) is 12.1 Å². The molecule has 4 rings (SSSR count). The number of carbonyl (C=O) groups is 2. The Balaban J connectivity index is 1.58. The van der Waals surface area contributed by atoms with Crippen molar-refractivity contribution in [3.8, 4) is 11.1 Å². The zero-order chi connectivity index (χ0) is 22.5. The number of hydrogen-bond acceptors (Lipinski definition) is 4. The first-order chi connectivity index (χ1) is 15.6. The average Bonchev–Trinajstić information content (AvgIpc) is 2.83. The molecule has 2 aromatic carbocycles. The Hall–Kier alpha value is -3.74. The molecule has 7 heteroatoms. The Labute approximate surface area is 186 Å². The molecule has 1 aliphatic rings. The molecule has 32 heavy (non-hydrogen) atoms. The van der Waals surface area contributed by atoms with Crippen LogP contribution in [0.2, 0.25) is 0 Å². The van der Waals surface area contributed by atoms with Crippen LogP contribution in [-0.2, 0) is 11.2 Å². The van der Waals surface area contributed by atoms with Crippen molar-refractivity contribution in [1.82, 2.24) is 20.0 Å². The molecule has 1 fully saturated rings. The van der Waals surface area contributed by atoms with E-state index in [-0.39, 0.29) is 23.1 Å². The molecule has 7 nitrogen and oxygen atoms in total. The fourth-order valence-corrected chi connectivity index (χ4v) is 4.07. The van der Waals surface area contributed by atoms with Gasteiger partial charge in [0.15, 0.2) is 0 Å². The van der Waals surface area contributed by atoms with Gasteiger partial charge in [-0.05, 0) is 29.2 Å². The van der Waals surface area contributed by atoms with Crippen LogP contribution in [0.25, 0.3) is 11.1 Å². The highest BCUT2D eigenvalue weighted by atomic mass is 16.2. The number of aromatic amines is 1. The zero-order valence-corrected chi connectivity index (χ0v) is 18.0. The first-order valence-electron chi connectivity index (χ1n) is 10.9. The lowest BCUT2D eigenvalue weighted by atomic mass is 9.98. The van der Waals surface area contributed by atoms with E-state index in [0.717, 1.165) is 23.1 Å². The van der Waals surface area contributed by atoms with Crippen LogP contribution in [0.3, 0.4) is 0 Å². The van der Waals surface area contributed by atoms with Gasteiger partial charge >= 0.3 is 0 Å². The molecule has 0 saturated carbocycles. The van der Waals surface area contributed by atoms with Gasteiger partial charge in [0.1, 0.15) is 11.7 Å². The number of nitrogens with one attached hydrogen (secondary N) is 1. The smallest absolute Gasteiger partial charge is 0.275 e. The number of carbonyl (C=O) groups excluding carboxylic acids is 2. The van der Waals surface area contributed by atoms with E-state index in [1.54, 1.807) is 4.90 Å². The molecule has 3 aromatic rings. The van der Waals surface area contributed by atoms with Gasteiger partial charge in [0.25, 0.3) is 11.5 Å². The van der Waals surface area contributed by atoms with E-state index in [9.17, 15) is 14.4 Å². The van der Waals surface area contributed by atoms with E-state index in [1.807, 2.05) is 54.3 Å². The number of benzene rings is 2. The molecule has 2 amide bonds. The number of hydrogen-bond donors (Lipinski definition) is 1. The minimum Gasteiger partial charge on any atom is -0.339 e. The van der Waals surface area contributed by atoms with Gasteiger partial charge in [-0.2, -0.15) is 5.10 Å². The number of piperazine rings is 1. The van der Waals surface area contributed by atoms with Crippen molar-refractivity contribution in [3.63, 3.8) is 0 Å². The maximum atomic E-state index is 13.3. The van der Waals surface area contributed by atoms with Crippen LogP contribution >= 0.6 is 0 Å². The summed E-state index contributed by atoms with van der Waals surface area (Å²) in [5.41, 5.74) is 2.96. The summed E-state index contributed by atoms with van der Waals surface area (Å²) in [7, 11) is 0.